The Morgan fingerprint density at radius 1 is 1.31 bits per heavy atom. The lowest BCUT2D eigenvalue weighted by molar-refractivity contribution is -0.122. The van der Waals surface area contributed by atoms with Crippen molar-refractivity contribution in [3.8, 4) is 0 Å². The van der Waals surface area contributed by atoms with E-state index in [9.17, 15) is 13.6 Å². The first-order chi connectivity index (χ1) is 7.58. The fourth-order valence-electron chi connectivity index (χ4n) is 1.52. The quantitative estimate of drug-likeness (QED) is 0.830. The van der Waals surface area contributed by atoms with Gasteiger partial charge in [-0.1, -0.05) is 6.42 Å². The van der Waals surface area contributed by atoms with Crippen LogP contribution in [0.3, 0.4) is 0 Å². The molecule has 5 heteroatoms. The molecule has 0 saturated heterocycles. The highest BCUT2D eigenvalue weighted by molar-refractivity contribution is 9.10. The van der Waals surface area contributed by atoms with E-state index in [1.807, 2.05) is 0 Å². The standard InChI is InChI=1S/C11H10BrF2NO/c12-7-4-9(14)10(5-8(7)13)15-11(16)6-2-1-3-6/h4-6H,1-3H2,(H,15,16). The molecular weight excluding hydrogens is 280 g/mol. The number of hydrogen-bond donors (Lipinski definition) is 1. The van der Waals surface area contributed by atoms with E-state index in [-0.39, 0.29) is 22.0 Å². The van der Waals surface area contributed by atoms with Crippen LogP contribution in [0.5, 0.6) is 0 Å². The van der Waals surface area contributed by atoms with Crippen molar-refractivity contribution in [3.63, 3.8) is 0 Å². The molecule has 1 aromatic carbocycles. The van der Waals surface area contributed by atoms with Gasteiger partial charge in [0.25, 0.3) is 0 Å². The Morgan fingerprint density at radius 3 is 2.56 bits per heavy atom. The molecule has 0 bridgehead atoms. The molecule has 86 valence electrons. The smallest absolute Gasteiger partial charge is 0.227 e. The van der Waals surface area contributed by atoms with Crippen LogP contribution in [0.1, 0.15) is 19.3 Å². The van der Waals surface area contributed by atoms with Crippen molar-refractivity contribution in [2.75, 3.05) is 5.32 Å². The molecule has 1 saturated carbocycles. The zero-order valence-electron chi connectivity index (χ0n) is 8.40. The van der Waals surface area contributed by atoms with Crippen molar-refractivity contribution in [2.45, 2.75) is 19.3 Å². The zero-order chi connectivity index (χ0) is 11.7. The van der Waals surface area contributed by atoms with Gasteiger partial charge in [-0.15, -0.1) is 0 Å². The number of hydrogen-bond acceptors (Lipinski definition) is 1. The predicted molar refractivity (Wildman–Crippen MR) is 60.0 cm³/mol. The number of halogens is 3. The van der Waals surface area contributed by atoms with Gasteiger partial charge >= 0.3 is 0 Å². The average molecular weight is 290 g/mol. The Kier molecular flexibility index (Phi) is 3.23. The molecule has 0 heterocycles. The van der Waals surface area contributed by atoms with Crippen LogP contribution in [0.4, 0.5) is 14.5 Å². The summed E-state index contributed by atoms with van der Waals surface area (Å²) in [6.07, 6.45) is 2.67. The van der Waals surface area contributed by atoms with Crippen LogP contribution in [0.2, 0.25) is 0 Å². The molecule has 1 fully saturated rings. The maximum atomic E-state index is 13.4. The van der Waals surface area contributed by atoms with Crippen LogP contribution in [-0.2, 0) is 4.79 Å². The number of anilines is 1. The van der Waals surface area contributed by atoms with E-state index in [1.54, 1.807) is 0 Å². The zero-order valence-corrected chi connectivity index (χ0v) is 9.98. The van der Waals surface area contributed by atoms with Gasteiger partial charge in [-0.05, 0) is 34.8 Å². The Bertz CT molecular complexity index is 432. The summed E-state index contributed by atoms with van der Waals surface area (Å²) in [7, 11) is 0. The topological polar surface area (TPSA) is 29.1 Å². The third-order valence-electron chi connectivity index (χ3n) is 2.74. The Morgan fingerprint density at radius 2 is 2.00 bits per heavy atom. The van der Waals surface area contributed by atoms with Crippen LogP contribution < -0.4 is 5.32 Å². The minimum Gasteiger partial charge on any atom is -0.323 e. The van der Waals surface area contributed by atoms with E-state index in [2.05, 4.69) is 21.2 Å². The van der Waals surface area contributed by atoms with Crippen LogP contribution in [0.15, 0.2) is 16.6 Å². The van der Waals surface area contributed by atoms with Gasteiger partial charge in [0.05, 0.1) is 10.2 Å². The lowest BCUT2D eigenvalue weighted by atomic mass is 9.85. The molecule has 2 nitrogen and oxygen atoms in total. The summed E-state index contributed by atoms with van der Waals surface area (Å²) in [5.74, 6) is -1.51. The molecule has 1 N–H and O–H groups in total. The van der Waals surface area contributed by atoms with Gasteiger partial charge < -0.3 is 5.32 Å². The summed E-state index contributed by atoms with van der Waals surface area (Å²) in [6.45, 7) is 0. The summed E-state index contributed by atoms with van der Waals surface area (Å²) < 4.78 is 26.6. The van der Waals surface area contributed by atoms with E-state index in [4.69, 9.17) is 0 Å². The van der Waals surface area contributed by atoms with Gasteiger partial charge in [-0.2, -0.15) is 0 Å². The van der Waals surface area contributed by atoms with E-state index < -0.39 is 11.6 Å². The molecule has 16 heavy (non-hydrogen) atoms. The summed E-state index contributed by atoms with van der Waals surface area (Å²) in [4.78, 5) is 11.5. The van der Waals surface area contributed by atoms with E-state index in [0.29, 0.717) is 0 Å². The van der Waals surface area contributed by atoms with Crippen molar-refractivity contribution in [1.82, 2.24) is 0 Å². The number of benzene rings is 1. The third kappa shape index (κ3) is 2.24. The number of rotatable bonds is 2. The number of amides is 1. The predicted octanol–water partition coefficient (Wildman–Crippen LogP) is 3.47. The molecule has 0 radical (unpaired) electrons. The van der Waals surface area contributed by atoms with Gasteiger partial charge in [-0.3, -0.25) is 4.79 Å². The fraction of sp³-hybridized carbons (Fsp3) is 0.364. The molecule has 0 aromatic heterocycles. The Hall–Kier alpha value is -0.970. The molecule has 0 atom stereocenters. The lowest BCUT2D eigenvalue weighted by Crippen LogP contribution is -2.28. The highest BCUT2D eigenvalue weighted by Gasteiger charge is 2.26. The second-order valence-electron chi connectivity index (χ2n) is 3.86. The van der Waals surface area contributed by atoms with Crippen molar-refractivity contribution < 1.29 is 13.6 Å². The van der Waals surface area contributed by atoms with Gasteiger partial charge in [0.2, 0.25) is 5.91 Å². The maximum Gasteiger partial charge on any atom is 0.227 e. The van der Waals surface area contributed by atoms with Crippen LogP contribution in [0, 0.1) is 17.6 Å². The van der Waals surface area contributed by atoms with Crippen molar-refractivity contribution in [2.24, 2.45) is 5.92 Å². The van der Waals surface area contributed by atoms with E-state index in [1.165, 1.54) is 0 Å². The first-order valence-corrected chi connectivity index (χ1v) is 5.82. The van der Waals surface area contributed by atoms with Gasteiger partial charge in [0.1, 0.15) is 11.6 Å². The average Bonchev–Trinajstić information content (AvgIpc) is 2.11. The second-order valence-corrected chi connectivity index (χ2v) is 4.72. The molecular formula is C11H10BrF2NO. The monoisotopic (exact) mass is 289 g/mol. The van der Waals surface area contributed by atoms with Crippen LogP contribution in [0.25, 0.3) is 0 Å². The first kappa shape index (κ1) is 11.5. The minimum atomic E-state index is -0.638. The minimum absolute atomic E-state index is 0.0478. The highest BCUT2D eigenvalue weighted by Crippen LogP contribution is 2.29. The van der Waals surface area contributed by atoms with Gasteiger partial charge in [0.15, 0.2) is 0 Å². The summed E-state index contributed by atoms with van der Waals surface area (Å²) in [5, 5.41) is 2.41. The molecule has 1 amide bonds. The molecule has 1 aliphatic rings. The molecule has 1 aromatic rings. The molecule has 0 unspecified atom stereocenters. The largest absolute Gasteiger partial charge is 0.323 e. The maximum absolute atomic E-state index is 13.4. The molecule has 2 rings (SSSR count). The second kappa shape index (κ2) is 4.49. The van der Waals surface area contributed by atoms with Crippen molar-refractivity contribution in [3.05, 3.63) is 28.2 Å². The molecule has 0 spiro atoms. The van der Waals surface area contributed by atoms with Crippen molar-refractivity contribution in [1.29, 1.82) is 0 Å². The van der Waals surface area contributed by atoms with Crippen molar-refractivity contribution >= 4 is 27.5 Å². The normalized spacial score (nSPS) is 15.7. The van der Waals surface area contributed by atoms with Crippen LogP contribution in [-0.4, -0.2) is 5.91 Å². The first-order valence-electron chi connectivity index (χ1n) is 5.03. The lowest BCUT2D eigenvalue weighted by Gasteiger charge is -2.24. The van der Waals surface area contributed by atoms with Gasteiger partial charge in [-0.25, -0.2) is 8.78 Å². The Labute approximate surface area is 100 Å². The number of nitrogens with one attached hydrogen (secondary N) is 1. The highest BCUT2D eigenvalue weighted by atomic mass is 79.9. The van der Waals surface area contributed by atoms with Crippen LogP contribution >= 0.6 is 15.9 Å². The Balaban J connectivity index is 2.14. The third-order valence-corrected chi connectivity index (χ3v) is 3.35. The fourth-order valence-corrected chi connectivity index (χ4v) is 1.84. The van der Waals surface area contributed by atoms with E-state index >= 15 is 0 Å². The molecule has 0 aliphatic heterocycles. The SMILES string of the molecule is O=C(Nc1cc(F)c(Br)cc1F)C1CCC1. The number of carbonyl (C=O) groups is 1. The summed E-state index contributed by atoms with van der Waals surface area (Å²) >= 11 is 2.87. The summed E-state index contributed by atoms with van der Waals surface area (Å²) in [6, 6.07) is 1.99. The summed E-state index contributed by atoms with van der Waals surface area (Å²) in [5.41, 5.74) is -0.0994. The van der Waals surface area contributed by atoms with Gasteiger partial charge in [0, 0.05) is 12.0 Å². The number of carbonyl (C=O) groups excluding carboxylic acids is 1. The molecule has 1 aliphatic carbocycles. The van der Waals surface area contributed by atoms with E-state index in [0.717, 1.165) is 31.4 Å².